The lowest BCUT2D eigenvalue weighted by molar-refractivity contribution is -0.0560. The minimum Gasteiger partial charge on any atom is -0.381 e. The number of rotatable bonds is 5. The minimum atomic E-state index is 0.479. The molecule has 0 aromatic carbocycles. The molecule has 2 saturated carbocycles. The quantitative estimate of drug-likeness (QED) is 0.758. The van der Waals surface area contributed by atoms with Crippen LogP contribution in [-0.2, 0) is 4.74 Å². The van der Waals surface area contributed by atoms with E-state index in [0.717, 1.165) is 31.0 Å². The summed E-state index contributed by atoms with van der Waals surface area (Å²) in [6.07, 6.45) is 9.97. The molecule has 0 amide bonds. The summed E-state index contributed by atoms with van der Waals surface area (Å²) in [4.78, 5) is 0. The van der Waals surface area contributed by atoms with E-state index < -0.39 is 0 Å². The highest BCUT2D eigenvalue weighted by molar-refractivity contribution is 5.01. The van der Waals surface area contributed by atoms with Gasteiger partial charge in [0.1, 0.15) is 0 Å². The van der Waals surface area contributed by atoms with Crippen molar-refractivity contribution >= 4 is 0 Å². The number of hydrogen-bond acceptors (Lipinski definition) is 2. The van der Waals surface area contributed by atoms with Crippen LogP contribution in [0.2, 0.25) is 0 Å². The van der Waals surface area contributed by atoms with Crippen LogP contribution in [-0.4, -0.2) is 26.3 Å². The van der Waals surface area contributed by atoms with Gasteiger partial charge in [0, 0.05) is 18.6 Å². The van der Waals surface area contributed by atoms with Crippen molar-refractivity contribution in [3.05, 3.63) is 0 Å². The topological polar surface area (TPSA) is 21.3 Å². The Morgan fingerprint density at radius 3 is 2.83 bits per heavy atom. The van der Waals surface area contributed by atoms with Crippen molar-refractivity contribution in [3.63, 3.8) is 0 Å². The molecular formula is C16H29NO. The summed E-state index contributed by atoms with van der Waals surface area (Å²) in [7, 11) is 0. The standard InChI is InChI=1S/C16H29NO/c1-2-7-17-11-16(6-3-8-18-12-16)15-10-13-4-5-14(15)9-13/h13-15,17H,2-12H2,1H3. The third-order valence-electron chi connectivity index (χ3n) is 5.78. The number of nitrogens with one attached hydrogen (secondary N) is 1. The second-order valence-corrected chi connectivity index (χ2v) is 6.98. The molecule has 1 saturated heterocycles. The van der Waals surface area contributed by atoms with Gasteiger partial charge in [-0.1, -0.05) is 13.3 Å². The maximum absolute atomic E-state index is 5.90. The first-order chi connectivity index (χ1) is 8.84. The summed E-state index contributed by atoms with van der Waals surface area (Å²) >= 11 is 0. The molecule has 3 aliphatic rings. The molecule has 4 atom stereocenters. The van der Waals surface area contributed by atoms with E-state index in [4.69, 9.17) is 4.74 Å². The molecule has 1 aliphatic heterocycles. The zero-order valence-electron chi connectivity index (χ0n) is 11.9. The summed E-state index contributed by atoms with van der Waals surface area (Å²) in [6, 6.07) is 0. The lowest BCUT2D eigenvalue weighted by Gasteiger charge is -2.45. The highest BCUT2D eigenvalue weighted by Crippen LogP contribution is 2.56. The molecule has 2 bridgehead atoms. The molecule has 0 spiro atoms. The van der Waals surface area contributed by atoms with Gasteiger partial charge >= 0.3 is 0 Å². The fourth-order valence-electron chi connectivity index (χ4n) is 4.95. The number of fused-ring (bicyclic) bond motifs is 2. The van der Waals surface area contributed by atoms with Gasteiger partial charge in [-0.2, -0.15) is 0 Å². The van der Waals surface area contributed by atoms with Gasteiger partial charge in [-0.3, -0.25) is 0 Å². The van der Waals surface area contributed by atoms with Crippen LogP contribution in [0.15, 0.2) is 0 Å². The Morgan fingerprint density at radius 2 is 2.22 bits per heavy atom. The van der Waals surface area contributed by atoms with Crippen molar-refractivity contribution in [1.82, 2.24) is 5.32 Å². The van der Waals surface area contributed by atoms with Crippen molar-refractivity contribution in [1.29, 1.82) is 0 Å². The van der Waals surface area contributed by atoms with Crippen LogP contribution in [0.1, 0.15) is 51.9 Å². The van der Waals surface area contributed by atoms with Gasteiger partial charge in [-0.15, -0.1) is 0 Å². The lowest BCUT2D eigenvalue weighted by atomic mass is 9.65. The molecule has 2 heteroatoms. The van der Waals surface area contributed by atoms with E-state index in [1.165, 1.54) is 58.0 Å². The van der Waals surface area contributed by atoms with Crippen molar-refractivity contribution in [2.75, 3.05) is 26.3 Å². The minimum absolute atomic E-state index is 0.479. The van der Waals surface area contributed by atoms with Crippen LogP contribution in [0.3, 0.4) is 0 Å². The summed E-state index contributed by atoms with van der Waals surface area (Å²) in [5.74, 6) is 3.05. The van der Waals surface area contributed by atoms with E-state index >= 15 is 0 Å². The lowest BCUT2D eigenvalue weighted by Crippen LogP contribution is -2.48. The van der Waals surface area contributed by atoms with E-state index in [9.17, 15) is 0 Å². The Morgan fingerprint density at radius 1 is 1.28 bits per heavy atom. The van der Waals surface area contributed by atoms with Crippen molar-refractivity contribution < 1.29 is 4.74 Å². The maximum Gasteiger partial charge on any atom is 0.0537 e. The van der Waals surface area contributed by atoms with Gasteiger partial charge in [0.05, 0.1) is 6.61 Å². The van der Waals surface area contributed by atoms with Crippen LogP contribution in [0.5, 0.6) is 0 Å². The van der Waals surface area contributed by atoms with Crippen LogP contribution >= 0.6 is 0 Å². The molecule has 0 aromatic heterocycles. The predicted octanol–water partition coefficient (Wildman–Crippen LogP) is 3.22. The molecule has 1 N–H and O–H groups in total. The first kappa shape index (κ1) is 12.9. The second-order valence-electron chi connectivity index (χ2n) is 6.98. The molecule has 0 aromatic rings. The summed E-state index contributed by atoms with van der Waals surface area (Å²) in [5.41, 5.74) is 0.479. The molecular weight excluding hydrogens is 222 g/mol. The highest BCUT2D eigenvalue weighted by atomic mass is 16.5. The van der Waals surface area contributed by atoms with Crippen LogP contribution in [0.4, 0.5) is 0 Å². The van der Waals surface area contributed by atoms with E-state index in [2.05, 4.69) is 12.2 Å². The van der Waals surface area contributed by atoms with Gasteiger partial charge in [0.25, 0.3) is 0 Å². The second kappa shape index (κ2) is 5.50. The van der Waals surface area contributed by atoms with E-state index in [-0.39, 0.29) is 0 Å². The fourth-order valence-corrected chi connectivity index (χ4v) is 4.95. The van der Waals surface area contributed by atoms with E-state index in [1.54, 1.807) is 0 Å². The summed E-state index contributed by atoms with van der Waals surface area (Å²) < 4.78 is 5.90. The molecule has 4 unspecified atom stereocenters. The third-order valence-corrected chi connectivity index (χ3v) is 5.78. The van der Waals surface area contributed by atoms with Gasteiger partial charge in [-0.25, -0.2) is 0 Å². The SMILES string of the molecule is CCCNCC1(C2CC3CCC2C3)CCCOC1. The molecule has 18 heavy (non-hydrogen) atoms. The van der Waals surface area contributed by atoms with Crippen molar-refractivity contribution in [3.8, 4) is 0 Å². The number of ether oxygens (including phenoxy) is 1. The van der Waals surface area contributed by atoms with Gasteiger partial charge in [-0.05, 0) is 62.8 Å². The normalized spacial score (nSPS) is 43.5. The predicted molar refractivity (Wildman–Crippen MR) is 74.6 cm³/mol. The Hall–Kier alpha value is -0.0800. The monoisotopic (exact) mass is 251 g/mol. The summed E-state index contributed by atoms with van der Waals surface area (Å²) in [5, 5.41) is 3.70. The molecule has 2 nitrogen and oxygen atoms in total. The zero-order chi connectivity index (χ0) is 12.4. The molecule has 3 rings (SSSR count). The molecule has 0 radical (unpaired) electrons. The Balaban J connectivity index is 1.68. The molecule has 104 valence electrons. The van der Waals surface area contributed by atoms with Crippen LogP contribution in [0, 0.1) is 23.2 Å². The third kappa shape index (κ3) is 2.34. The van der Waals surface area contributed by atoms with Gasteiger partial charge in [0.15, 0.2) is 0 Å². The van der Waals surface area contributed by atoms with Crippen molar-refractivity contribution in [2.24, 2.45) is 23.2 Å². The smallest absolute Gasteiger partial charge is 0.0537 e. The van der Waals surface area contributed by atoms with Crippen LogP contribution < -0.4 is 5.32 Å². The summed E-state index contributed by atoms with van der Waals surface area (Å²) in [6.45, 7) is 6.65. The van der Waals surface area contributed by atoms with Crippen LogP contribution in [0.25, 0.3) is 0 Å². The van der Waals surface area contributed by atoms with Crippen molar-refractivity contribution in [2.45, 2.75) is 51.9 Å². The van der Waals surface area contributed by atoms with Gasteiger partial charge < -0.3 is 10.1 Å². The fraction of sp³-hybridized carbons (Fsp3) is 1.00. The average Bonchev–Trinajstić information content (AvgIpc) is 3.03. The number of hydrogen-bond donors (Lipinski definition) is 1. The maximum atomic E-state index is 5.90. The first-order valence-corrected chi connectivity index (χ1v) is 8.12. The highest BCUT2D eigenvalue weighted by Gasteiger charge is 2.50. The molecule has 3 fully saturated rings. The van der Waals surface area contributed by atoms with Gasteiger partial charge in [0.2, 0.25) is 0 Å². The zero-order valence-corrected chi connectivity index (χ0v) is 11.9. The molecule has 1 heterocycles. The molecule has 2 aliphatic carbocycles. The first-order valence-electron chi connectivity index (χ1n) is 8.12. The van der Waals surface area contributed by atoms with E-state index in [1.807, 2.05) is 0 Å². The Bertz CT molecular complexity index is 272. The largest absolute Gasteiger partial charge is 0.381 e. The average molecular weight is 251 g/mol. The Labute approximate surface area is 112 Å². The van der Waals surface area contributed by atoms with E-state index in [0.29, 0.717) is 5.41 Å². The Kier molecular flexibility index (Phi) is 3.95.